The van der Waals surface area contributed by atoms with Gasteiger partial charge in [0, 0.05) is 32.2 Å². The number of para-hydroxylation sites is 1. The van der Waals surface area contributed by atoms with Crippen LogP contribution in [0.15, 0.2) is 30.3 Å². The first-order valence-corrected chi connectivity index (χ1v) is 9.41. The molecule has 1 fully saturated rings. The molecule has 2 aromatic rings. The van der Waals surface area contributed by atoms with Crippen LogP contribution in [-0.4, -0.2) is 48.7 Å². The number of carbonyl (C=O) groups is 1. The third-order valence-corrected chi connectivity index (χ3v) is 4.46. The van der Waals surface area contributed by atoms with E-state index in [4.69, 9.17) is 4.74 Å². The van der Waals surface area contributed by atoms with Crippen LogP contribution in [0.4, 0.5) is 11.6 Å². The molecule has 7 nitrogen and oxygen atoms in total. The molecule has 0 bridgehead atoms. The van der Waals surface area contributed by atoms with Crippen LogP contribution in [0.2, 0.25) is 0 Å². The molecule has 2 heterocycles. The van der Waals surface area contributed by atoms with E-state index >= 15 is 0 Å². The maximum absolute atomic E-state index is 11.9. The molecule has 3 rings (SSSR count). The molecule has 1 aromatic carbocycles. The molecule has 0 aliphatic carbocycles. The maximum atomic E-state index is 11.9. The number of carbonyl (C=O) groups excluding carboxylic acids is 1. The van der Waals surface area contributed by atoms with Gasteiger partial charge in [-0.25, -0.2) is 9.97 Å². The Labute approximate surface area is 160 Å². The van der Waals surface area contributed by atoms with Crippen LogP contribution in [0.25, 0.3) is 0 Å². The van der Waals surface area contributed by atoms with Gasteiger partial charge in [0.15, 0.2) is 6.61 Å². The first-order valence-electron chi connectivity index (χ1n) is 9.41. The lowest BCUT2D eigenvalue weighted by Gasteiger charge is -2.17. The van der Waals surface area contributed by atoms with E-state index in [0.717, 1.165) is 41.9 Å². The smallest absolute Gasteiger partial charge is 0.258 e. The number of nitrogens with zero attached hydrogens (tertiary/aromatic N) is 3. The molecule has 0 saturated carbocycles. The highest BCUT2D eigenvalue weighted by Crippen LogP contribution is 2.20. The number of aromatic nitrogens is 2. The Hall–Kier alpha value is -2.83. The van der Waals surface area contributed by atoms with Crippen LogP contribution in [0.5, 0.6) is 5.75 Å². The summed E-state index contributed by atoms with van der Waals surface area (Å²) in [5.41, 5.74) is 1.01. The number of anilines is 2. The first kappa shape index (κ1) is 18.9. The minimum Gasteiger partial charge on any atom is -0.484 e. The average Bonchev–Trinajstić information content (AvgIpc) is 3.19. The van der Waals surface area contributed by atoms with E-state index in [-0.39, 0.29) is 12.5 Å². The first-order chi connectivity index (χ1) is 13.1. The molecule has 7 heteroatoms. The molecule has 1 aromatic heterocycles. The summed E-state index contributed by atoms with van der Waals surface area (Å²) in [5.74, 6) is 3.10. The van der Waals surface area contributed by atoms with Gasteiger partial charge < -0.3 is 20.3 Å². The Morgan fingerprint density at radius 1 is 1.15 bits per heavy atom. The number of aryl methyl sites for hydroxylation is 2. The van der Waals surface area contributed by atoms with Gasteiger partial charge in [-0.3, -0.25) is 4.79 Å². The maximum Gasteiger partial charge on any atom is 0.258 e. The number of rotatable bonds is 8. The fourth-order valence-corrected chi connectivity index (χ4v) is 3.06. The molecule has 27 heavy (non-hydrogen) atoms. The zero-order valence-electron chi connectivity index (χ0n) is 16.0. The van der Waals surface area contributed by atoms with Crippen molar-refractivity contribution < 1.29 is 9.53 Å². The van der Waals surface area contributed by atoms with Crippen LogP contribution in [0.1, 0.15) is 24.2 Å². The van der Waals surface area contributed by atoms with Crippen LogP contribution < -0.4 is 20.3 Å². The Bertz CT molecular complexity index is 775. The van der Waals surface area contributed by atoms with Gasteiger partial charge in [-0.2, -0.15) is 0 Å². The quantitative estimate of drug-likeness (QED) is 0.695. The zero-order valence-corrected chi connectivity index (χ0v) is 16.0. The van der Waals surface area contributed by atoms with Crippen LogP contribution in [0.3, 0.4) is 0 Å². The van der Waals surface area contributed by atoms with Crippen LogP contribution in [0, 0.1) is 13.8 Å². The Balaban J connectivity index is 1.40. The SMILES string of the molecule is Cc1nc(NCCNC(=O)COc2ccccc2C)cc(N2CCCC2)n1. The van der Waals surface area contributed by atoms with E-state index in [9.17, 15) is 4.79 Å². The summed E-state index contributed by atoms with van der Waals surface area (Å²) in [7, 11) is 0. The van der Waals surface area contributed by atoms with Gasteiger partial charge in [-0.05, 0) is 38.3 Å². The number of ether oxygens (including phenoxy) is 1. The van der Waals surface area contributed by atoms with E-state index in [1.54, 1.807) is 0 Å². The molecule has 1 aliphatic heterocycles. The van der Waals surface area contributed by atoms with Crippen molar-refractivity contribution in [3.05, 3.63) is 41.7 Å². The topological polar surface area (TPSA) is 79.4 Å². The van der Waals surface area contributed by atoms with Crippen molar-refractivity contribution >= 4 is 17.5 Å². The minimum atomic E-state index is -0.142. The molecule has 0 radical (unpaired) electrons. The van der Waals surface area contributed by atoms with Gasteiger partial charge in [0.2, 0.25) is 0 Å². The number of benzene rings is 1. The van der Waals surface area contributed by atoms with Crippen LogP contribution >= 0.6 is 0 Å². The van der Waals surface area contributed by atoms with Crippen molar-refractivity contribution in [3.63, 3.8) is 0 Å². The monoisotopic (exact) mass is 369 g/mol. The molecule has 0 atom stereocenters. The predicted molar refractivity (Wildman–Crippen MR) is 106 cm³/mol. The van der Waals surface area contributed by atoms with Crippen molar-refractivity contribution in [2.75, 3.05) is 43.0 Å². The second-order valence-electron chi connectivity index (χ2n) is 6.68. The average molecular weight is 369 g/mol. The highest BCUT2D eigenvalue weighted by atomic mass is 16.5. The summed E-state index contributed by atoms with van der Waals surface area (Å²) in [6, 6.07) is 9.63. The third kappa shape index (κ3) is 5.57. The molecule has 144 valence electrons. The fourth-order valence-electron chi connectivity index (χ4n) is 3.06. The fraction of sp³-hybridized carbons (Fsp3) is 0.450. The lowest BCUT2D eigenvalue weighted by Crippen LogP contribution is -2.33. The molecular formula is C20H27N5O2. The lowest BCUT2D eigenvalue weighted by molar-refractivity contribution is -0.123. The summed E-state index contributed by atoms with van der Waals surface area (Å²) >= 11 is 0. The standard InChI is InChI=1S/C20H27N5O2/c1-15-7-3-4-8-17(15)27-14-20(26)22-10-9-21-18-13-19(24-16(2)23-18)25-11-5-6-12-25/h3-4,7-8,13H,5-6,9-12,14H2,1-2H3,(H,22,26)(H,21,23,24). The van der Waals surface area contributed by atoms with E-state index in [1.165, 1.54) is 12.8 Å². The molecule has 0 unspecified atom stereocenters. The third-order valence-electron chi connectivity index (χ3n) is 4.46. The van der Waals surface area contributed by atoms with Crippen molar-refractivity contribution in [1.82, 2.24) is 15.3 Å². The van der Waals surface area contributed by atoms with Gasteiger partial charge in [0.1, 0.15) is 23.2 Å². The second-order valence-corrected chi connectivity index (χ2v) is 6.68. The number of hydrogen-bond donors (Lipinski definition) is 2. The van der Waals surface area contributed by atoms with E-state index in [1.807, 2.05) is 44.2 Å². The minimum absolute atomic E-state index is 0.0105. The van der Waals surface area contributed by atoms with E-state index in [2.05, 4.69) is 25.5 Å². The van der Waals surface area contributed by atoms with E-state index < -0.39 is 0 Å². The molecule has 1 saturated heterocycles. The Kier molecular flexibility index (Phi) is 6.46. The van der Waals surface area contributed by atoms with Gasteiger partial charge >= 0.3 is 0 Å². The summed E-state index contributed by atoms with van der Waals surface area (Å²) in [6.45, 7) is 7.05. The molecule has 2 N–H and O–H groups in total. The predicted octanol–water partition coefficient (Wildman–Crippen LogP) is 2.30. The normalized spacial score (nSPS) is 13.5. The largest absolute Gasteiger partial charge is 0.484 e. The highest BCUT2D eigenvalue weighted by Gasteiger charge is 2.15. The van der Waals surface area contributed by atoms with Gasteiger partial charge in [0.25, 0.3) is 5.91 Å². The van der Waals surface area contributed by atoms with Gasteiger partial charge in [-0.15, -0.1) is 0 Å². The summed E-state index contributed by atoms with van der Waals surface area (Å²) in [4.78, 5) is 23.1. The van der Waals surface area contributed by atoms with Crippen molar-refractivity contribution in [2.24, 2.45) is 0 Å². The Morgan fingerprint density at radius 3 is 2.70 bits per heavy atom. The molecule has 1 amide bonds. The zero-order chi connectivity index (χ0) is 19.1. The molecule has 1 aliphatic rings. The van der Waals surface area contributed by atoms with Gasteiger partial charge in [-0.1, -0.05) is 18.2 Å². The summed E-state index contributed by atoms with van der Waals surface area (Å²) in [5, 5.41) is 6.10. The van der Waals surface area contributed by atoms with Crippen molar-refractivity contribution in [2.45, 2.75) is 26.7 Å². The number of hydrogen-bond acceptors (Lipinski definition) is 6. The van der Waals surface area contributed by atoms with Crippen LogP contribution in [-0.2, 0) is 4.79 Å². The highest BCUT2D eigenvalue weighted by molar-refractivity contribution is 5.77. The number of amides is 1. The van der Waals surface area contributed by atoms with Gasteiger partial charge in [0.05, 0.1) is 0 Å². The second kappa shape index (κ2) is 9.21. The molecular weight excluding hydrogens is 342 g/mol. The van der Waals surface area contributed by atoms with Crippen molar-refractivity contribution in [3.8, 4) is 5.75 Å². The van der Waals surface area contributed by atoms with E-state index in [0.29, 0.717) is 13.1 Å². The summed E-state index contributed by atoms with van der Waals surface area (Å²) in [6.07, 6.45) is 2.42. The molecule has 0 spiro atoms. The Morgan fingerprint density at radius 2 is 1.93 bits per heavy atom. The number of nitrogens with one attached hydrogen (secondary N) is 2. The van der Waals surface area contributed by atoms with Crippen molar-refractivity contribution in [1.29, 1.82) is 0 Å². The summed E-state index contributed by atoms with van der Waals surface area (Å²) < 4.78 is 5.54. The lowest BCUT2D eigenvalue weighted by atomic mass is 10.2.